The van der Waals surface area contributed by atoms with Crippen molar-refractivity contribution in [2.45, 2.75) is 26.7 Å². The van der Waals surface area contributed by atoms with Crippen LogP contribution in [0.5, 0.6) is 0 Å². The Morgan fingerprint density at radius 3 is 3.07 bits per heavy atom. The van der Waals surface area contributed by atoms with Crippen molar-refractivity contribution in [2.24, 2.45) is 10.4 Å². The minimum Gasteiger partial charge on any atom is -0.296 e. The summed E-state index contributed by atoms with van der Waals surface area (Å²) in [5, 5.41) is 0. The third-order valence-electron chi connectivity index (χ3n) is 2.73. The third-order valence-corrected chi connectivity index (χ3v) is 2.73. The molecule has 14 heavy (non-hydrogen) atoms. The van der Waals surface area contributed by atoms with Gasteiger partial charge in [0, 0.05) is 18.2 Å². The first-order valence-electron chi connectivity index (χ1n) is 5.22. The summed E-state index contributed by atoms with van der Waals surface area (Å²) in [5.74, 6) is 0. The zero-order chi connectivity index (χ0) is 10.4. The molecule has 1 rings (SSSR count). The van der Waals surface area contributed by atoms with Gasteiger partial charge in [-0.05, 0) is 18.4 Å². The van der Waals surface area contributed by atoms with Crippen molar-refractivity contribution in [1.82, 2.24) is 0 Å². The Kier molecular flexibility index (Phi) is 3.87. The molecule has 1 atom stereocenters. The zero-order valence-electron chi connectivity index (χ0n) is 9.16. The molecule has 0 amide bonds. The summed E-state index contributed by atoms with van der Waals surface area (Å²) in [6.45, 7) is 9.05. The molecule has 0 aromatic carbocycles. The molecule has 0 fully saturated rings. The third kappa shape index (κ3) is 2.99. The minimum absolute atomic E-state index is 0.118. The molecule has 1 unspecified atom stereocenters. The van der Waals surface area contributed by atoms with Gasteiger partial charge in [0.25, 0.3) is 0 Å². The lowest BCUT2D eigenvalue weighted by atomic mass is 9.88. The highest BCUT2D eigenvalue weighted by Gasteiger charge is 2.14. The van der Waals surface area contributed by atoms with E-state index in [-0.39, 0.29) is 5.41 Å². The quantitative estimate of drug-likeness (QED) is 0.630. The fourth-order valence-electron chi connectivity index (χ4n) is 1.36. The van der Waals surface area contributed by atoms with Crippen LogP contribution in [-0.2, 0) is 0 Å². The van der Waals surface area contributed by atoms with Crippen LogP contribution in [0.2, 0.25) is 0 Å². The van der Waals surface area contributed by atoms with Crippen LogP contribution in [0.4, 0.5) is 0 Å². The highest BCUT2D eigenvalue weighted by atomic mass is 14.7. The Bertz CT molecular complexity index is 284. The first-order chi connectivity index (χ1) is 6.70. The van der Waals surface area contributed by atoms with Gasteiger partial charge in [0.15, 0.2) is 0 Å². The van der Waals surface area contributed by atoms with Gasteiger partial charge in [-0.25, -0.2) is 0 Å². The second-order valence-corrected chi connectivity index (χ2v) is 3.95. The predicted octanol–water partition coefficient (Wildman–Crippen LogP) is 3.55. The molecular weight excluding hydrogens is 170 g/mol. The van der Waals surface area contributed by atoms with Gasteiger partial charge in [-0.1, -0.05) is 44.7 Å². The van der Waals surface area contributed by atoms with E-state index in [1.54, 1.807) is 0 Å². The maximum absolute atomic E-state index is 4.45. The van der Waals surface area contributed by atoms with Crippen molar-refractivity contribution < 1.29 is 0 Å². The highest BCUT2D eigenvalue weighted by Crippen LogP contribution is 2.21. The van der Waals surface area contributed by atoms with Gasteiger partial charge in [0.1, 0.15) is 0 Å². The van der Waals surface area contributed by atoms with Crippen LogP contribution in [0.25, 0.3) is 0 Å². The fourth-order valence-corrected chi connectivity index (χ4v) is 1.36. The maximum atomic E-state index is 4.45. The molecule has 1 aliphatic heterocycles. The number of rotatable bonds is 2. The summed E-state index contributed by atoms with van der Waals surface area (Å²) in [5.41, 5.74) is 1.38. The molecule has 0 radical (unpaired) electrons. The van der Waals surface area contributed by atoms with Crippen LogP contribution in [0.1, 0.15) is 26.7 Å². The molecule has 0 aliphatic carbocycles. The second-order valence-electron chi connectivity index (χ2n) is 3.95. The minimum atomic E-state index is 0.118. The summed E-state index contributed by atoms with van der Waals surface area (Å²) in [6, 6.07) is 0. The lowest BCUT2D eigenvalue weighted by Gasteiger charge is -2.17. The topological polar surface area (TPSA) is 12.4 Å². The van der Waals surface area contributed by atoms with E-state index in [1.807, 2.05) is 6.08 Å². The number of hydrogen-bond acceptors (Lipinski definition) is 1. The molecule has 0 bridgehead atoms. The molecular formula is C13H19N. The molecule has 1 nitrogen and oxygen atoms in total. The Hall–Kier alpha value is -1.11. The molecule has 0 spiro atoms. The summed E-state index contributed by atoms with van der Waals surface area (Å²) in [4.78, 5) is 4.45. The van der Waals surface area contributed by atoms with Gasteiger partial charge in [0.2, 0.25) is 0 Å². The van der Waals surface area contributed by atoms with E-state index in [2.05, 4.69) is 49.9 Å². The van der Waals surface area contributed by atoms with Crippen molar-refractivity contribution in [3.8, 4) is 0 Å². The normalized spacial score (nSPS) is 33.4. The zero-order valence-corrected chi connectivity index (χ0v) is 9.16. The van der Waals surface area contributed by atoms with Crippen molar-refractivity contribution in [3.63, 3.8) is 0 Å². The number of hydrogen-bond donors (Lipinski definition) is 0. The average molecular weight is 189 g/mol. The van der Waals surface area contributed by atoms with Crippen LogP contribution < -0.4 is 0 Å². The summed E-state index contributed by atoms with van der Waals surface area (Å²) >= 11 is 0. The summed E-state index contributed by atoms with van der Waals surface area (Å²) < 4.78 is 0. The second kappa shape index (κ2) is 4.94. The van der Waals surface area contributed by atoms with Crippen molar-refractivity contribution in [2.75, 3.05) is 6.54 Å². The van der Waals surface area contributed by atoms with E-state index in [0.29, 0.717) is 0 Å². The van der Waals surface area contributed by atoms with Gasteiger partial charge in [-0.15, -0.1) is 0 Å². The van der Waals surface area contributed by atoms with Crippen molar-refractivity contribution in [3.05, 3.63) is 36.5 Å². The fraction of sp³-hybridized carbons (Fsp3) is 0.462. The molecule has 76 valence electrons. The number of aliphatic imine (C=N–C) groups is 1. The van der Waals surface area contributed by atoms with Gasteiger partial charge in [-0.3, -0.25) is 4.99 Å². The lowest BCUT2D eigenvalue weighted by Crippen LogP contribution is -2.13. The molecule has 1 heteroatoms. The van der Waals surface area contributed by atoms with Crippen LogP contribution >= 0.6 is 0 Å². The van der Waals surface area contributed by atoms with Crippen LogP contribution in [0, 0.1) is 5.41 Å². The standard InChI is InChI=1S/C13H19N/c1-4-12-7-6-9-13(3,5-2)11-14-10-8-12/h4,6-7,9,11H,1,5,8,10H2,2-3H3/b9-6-,12-7-,14-11?. The van der Waals surface area contributed by atoms with Crippen LogP contribution in [-0.4, -0.2) is 12.8 Å². The van der Waals surface area contributed by atoms with E-state index in [1.165, 1.54) is 5.57 Å². The smallest absolute Gasteiger partial charge is 0.0426 e. The molecule has 1 heterocycles. The molecule has 1 aliphatic rings. The van der Waals surface area contributed by atoms with E-state index in [4.69, 9.17) is 0 Å². The monoisotopic (exact) mass is 189 g/mol. The van der Waals surface area contributed by atoms with E-state index in [0.717, 1.165) is 19.4 Å². The largest absolute Gasteiger partial charge is 0.296 e. The van der Waals surface area contributed by atoms with Crippen molar-refractivity contribution in [1.29, 1.82) is 0 Å². The first-order valence-corrected chi connectivity index (χ1v) is 5.22. The lowest BCUT2D eigenvalue weighted by molar-refractivity contribution is 0.584. The van der Waals surface area contributed by atoms with Gasteiger partial charge < -0.3 is 0 Å². The Balaban J connectivity index is 2.87. The molecule has 0 saturated heterocycles. The molecule has 0 saturated carbocycles. The Morgan fingerprint density at radius 2 is 2.43 bits per heavy atom. The van der Waals surface area contributed by atoms with E-state index in [9.17, 15) is 0 Å². The SMILES string of the molecule is C=C/C1=C/C=C\C(C)(CC)C=NCC1. The van der Waals surface area contributed by atoms with Crippen LogP contribution in [0.3, 0.4) is 0 Å². The summed E-state index contributed by atoms with van der Waals surface area (Å²) in [7, 11) is 0. The van der Waals surface area contributed by atoms with Gasteiger partial charge in [0.05, 0.1) is 0 Å². The summed E-state index contributed by atoms with van der Waals surface area (Å²) in [6.07, 6.45) is 12.5. The Labute approximate surface area is 86.9 Å². The highest BCUT2D eigenvalue weighted by molar-refractivity contribution is 5.68. The van der Waals surface area contributed by atoms with Crippen LogP contribution in [0.15, 0.2) is 41.4 Å². The number of nitrogens with zero attached hydrogens (tertiary/aromatic N) is 1. The van der Waals surface area contributed by atoms with E-state index >= 15 is 0 Å². The maximum Gasteiger partial charge on any atom is 0.0426 e. The van der Waals surface area contributed by atoms with E-state index < -0.39 is 0 Å². The Morgan fingerprint density at radius 1 is 1.64 bits per heavy atom. The molecule has 0 aromatic rings. The van der Waals surface area contributed by atoms with Gasteiger partial charge >= 0.3 is 0 Å². The first kappa shape index (κ1) is 11.0. The molecule has 0 N–H and O–H groups in total. The average Bonchev–Trinajstić information content (AvgIpc) is 2.29. The number of allylic oxidation sites excluding steroid dienone is 4. The van der Waals surface area contributed by atoms with Crippen molar-refractivity contribution >= 4 is 6.21 Å². The van der Waals surface area contributed by atoms with Gasteiger partial charge in [-0.2, -0.15) is 0 Å². The predicted molar refractivity (Wildman–Crippen MR) is 63.8 cm³/mol. The molecule has 0 aromatic heterocycles.